The van der Waals surface area contributed by atoms with Crippen LogP contribution in [-0.2, 0) is 20.7 Å². The lowest BCUT2D eigenvalue weighted by atomic mass is 9.80. The number of nitrogens with one attached hydrogen (secondary N) is 2. The van der Waals surface area contributed by atoms with E-state index in [1.165, 1.54) is 6.08 Å². The molecule has 7 heteroatoms. The monoisotopic (exact) mass is 444 g/mol. The van der Waals surface area contributed by atoms with Crippen molar-refractivity contribution in [1.29, 1.82) is 0 Å². The van der Waals surface area contributed by atoms with Gasteiger partial charge in [-0.05, 0) is 56.7 Å². The van der Waals surface area contributed by atoms with Crippen LogP contribution in [0.5, 0.6) is 5.75 Å². The molecule has 2 amide bonds. The molecule has 0 aliphatic rings. The molecule has 0 unspecified atom stereocenters. The van der Waals surface area contributed by atoms with Gasteiger partial charge >= 0.3 is 12.1 Å². The number of carbonyl (C=O) groups is 3. The highest BCUT2D eigenvalue weighted by Crippen LogP contribution is 2.27. The first-order valence-corrected chi connectivity index (χ1v) is 10.6. The van der Waals surface area contributed by atoms with Gasteiger partial charge in [0.25, 0.3) is 0 Å². The van der Waals surface area contributed by atoms with E-state index in [1.54, 1.807) is 31.2 Å². The minimum atomic E-state index is -0.553. The molecular weight excluding hydrogens is 408 g/mol. The zero-order valence-corrected chi connectivity index (χ0v) is 19.9. The van der Waals surface area contributed by atoms with Crippen LogP contribution in [0.3, 0.4) is 0 Å². The van der Waals surface area contributed by atoms with Crippen LogP contribution in [0.4, 0.5) is 4.79 Å². The second-order valence-corrected chi connectivity index (χ2v) is 9.32. The maximum atomic E-state index is 12.2. The number of aryl methyl sites for hydroxylation is 1. The molecule has 0 spiro atoms. The average molecular weight is 445 g/mol. The van der Waals surface area contributed by atoms with Crippen molar-refractivity contribution in [3.8, 4) is 5.75 Å². The fraction of sp³-hybridized carbons (Fsp3) is 0.480. The first-order valence-electron chi connectivity index (χ1n) is 10.6. The second kappa shape index (κ2) is 12.1. The van der Waals surface area contributed by atoms with E-state index in [-0.39, 0.29) is 30.3 Å². The van der Waals surface area contributed by atoms with Crippen molar-refractivity contribution in [3.63, 3.8) is 0 Å². The maximum Gasteiger partial charge on any atom is 0.412 e. The van der Waals surface area contributed by atoms with E-state index in [4.69, 9.17) is 9.47 Å². The summed E-state index contributed by atoms with van der Waals surface area (Å²) in [5.74, 6) is -0.0581. The van der Waals surface area contributed by atoms with Crippen molar-refractivity contribution in [3.05, 3.63) is 54.6 Å². The van der Waals surface area contributed by atoms with Gasteiger partial charge in [0.15, 0.2) is 0 Å². The lowest BCUT2D eigenvalue weighted by Gasteiger charge is -2.35. The lowest BCUT2D eigenvalue weighted by molar-refractivity contribution is -0.142. The molecule has 0 aromatic heterocycles. The number of ether oxygens (including phenoxy) is 2. The molecule has 7 nitrogen and oxygen atoms in total. The molecule has 0 fully saturated rings. The second-order valence-electron chi connectivity index (χ2n) is 9.32. The fourth-order valence-electron chi connectivity index (χ4n) is 3.37. The summed E-state index contributed by atoms with van der Waals surface area (Å²) < 4.78 is 10.3. The topological polar surface area (TPSA) is 93.7 Å². The van der Waals surface area contributed by atoms with E-state index < -0.39 is 11.6 Å². The number of amides is 2. The van der Waals surface area contributed by atoms with Crippen LogP contribution in [0.2, 0.25) is 0 Å². The third kappa shape index (κ3) is 10.8. The standard InChI is InChI=1S/C25H36N2O5/c1-8-15-31-21(28)14-11-19-9-12-20(13-10-19)32-23(30)26-17-24(4,5)16-25(6,7)27-22(29)18(2)3/h8-10,12-13H,1-2,11,14-17H2,3-7H3,(H,26,30)(H,27,29). The van der Waals surface area contributed by atoms with E-state index in [0.29, 0.717) is 30.7 Å². The molecule has 0 aliphatic heterocycles. The fourth-order valence-corrected chi connectivity index (χ4v) is 3.37. The summed E-state index contributed by atoms with van der Waals surface area (Å²) in [4.78, 5) is 35.7. The molecule has 1 aromatic rings. The third-order valence-electron chi connectivity index (χ3n) is 4.59. The third-order valence-corrected chi connectivity index (χ3v) is 4.59. The molecule has 0 heterocycles. The number of hydrogen-bond acceptors (Lipinski definition) is 5. The van der Waals surface area contributed by atoms with Crippen LogP contribution >= 0.6 is 0 Å². The van der Waals surface area contributed by atoms with Crippen molar-refractivity contribution >= 4 is 18.0 Å². The average Bonchev–Trinajstić information content (AvgIpc) is 2.69. The molecule has 0 radical (unpaired) electrons. The Labute approximate surface area is 191 Å². The molecule has 1 aromatic carbocycles. The maximum absolute atomic E-state index is 12.2. The predicted molar refractivity (Wildman–Crippen MR) is 125 cm³/mol. The van der Waals surface area contributed by atoms with Gasteiger partial charge in [-0.3, -0.25) is 9.59 Å². The SMILES string of the molecule is C=CCOC(=O)CCc1ccc(OC(=O)NCC(C)(C)CC(C)(C)NC(=O)C(=C)C)cc1. The summed E-state index contributed by atoms with van der Waals surface area (Å²) >= 11 is 0. The molecule has 0 saturated heterocycles. The molecule has 32 heavy (non-hydrogen) atoms. The quantitative estimate of drug-likeness (QED) is 0.284. The Morgan fingerprint density at radius 2 is 1.72 bits per heavy atom. The molecule has 0 aliphatic carbocycles. The Morgan fingerprint density at radius 3 is 2.28 bits per heavy atom. The molecule has 1 rings (SSSR count). The summed E-state index contributed by atoms with van der Waals surface area (Å²) in [6, 6.07) is 6.98. The zero-order chi connectivity index (χ0) is 24.4. The Morgan fingerprint density at radius 1 is 1.09 bits per heavy atom. The first-order chi connectivity index (χ1) is 14.8. The van der Waals surface area contributed by atoms with Gasteiger partial charge in [0.05, 0.1) is 0 Å². The van der Waals surface area contributed by atoms with Gasteiger partial charge in [-0.1, -0.05) is 45.2 Å². The van der Waals surface area contributed by atoms with E-state index in [1.807, 2.05) is 27.7 Å². The summed E-state index contributed by atoms with van der Waals surface area (Å²) in [5.41, 5.74) is 0.651. The van der Waals surface area contributed by atoms with Crippen LogP contribution in [0.1, 0.15) is 53.0 Å². The normalized spacial score (nSPS) is 11.3. The minimum absolute atomic E-state index is 0.185. The molecule has 0 atom stereocenters. The van der Waals surface area contributed by atoms with Crippen LogP contribution in [-0.4, -0.2) is 36.7 Å². The number of carbonyl (C=O) groups excluding carboxylic acids is 3. The zero-order valence-electron chi connectivity index (χ0n) is 19.9. The summed E-state index contributed by atoms with van der Waals surface area (Å²) in [5, 5.41) is 5.74. The predicted octanol–water partition coefficient (Wildman–Crippen LogP) is 4.32. The van der Waals surface area contributed by atoms with E-state index >= 15 is 0 Å². The van der Waals surface area contributed by atoms with Crippen molar-refractivity contribution in [2.24, 2.45) is 5.41 Å². The minimum Gasteiger partial charge on any atom is -0.461 e. The van der Waals surface area contributed by atoms with Gasteiger partial charge in [-0.2, -0.15) is 0 Å². The van der Waals surface area contributed by atoms with Gasteiger partial charge in [-0.15, -0.1) is 0 Å². The van der Waals surface area contributed by atoms with E-state index in [9.17, 15) is 14.4 Å². The Bertz CT molecular complexity index is 825. The summed E-state index contributed by atoms with van der Waals surface area (Å²) in [6.45, 7) is 17.3. The van der Waals surface area contributed by atoms with Gasteiger partial charge in [-0.25, -0.2) is 4.79 Å². The molecular formula is C25H36N2O5. The van der Waals surface area contributed by atoms with Crippen LogP contribution in [0, 0.1) is 5.41 Å². The van der Waals surface area contributed by atoms with E-state index in [0.717, 1.165) is 5.56 Å². The van der Waals surface area contributed by atoms with Crippen molar-refractivity contribution < 1.29 is 23.9 Å². The van der Waals surface area contributed by atoms with Crippen LogP contribution in [0.15, 0.2) is 49.1 Å². The highest BCUT2D eigenvalue weighted by molar-refractivity contribution is 5.92. The molecule has 2 N–H and O–H groups in total. The Balaban J connectivity index is 2.49. The van der Waals surface area contributed by atoms with Gasteiger partial charge in [0.2, 0.25) is 5.91 Å². The van der Waals surface area contributed by atoms with Gasteiger partial charge in [0, 0.05) is 24.1 Å². The highest BCUT2D eigenvalue weighted by atomic mass is 16.6. The lowest BCUT2D eigenvalue weighted by Crippen LogP contribution is -2.48. The van der Waals surface area contributed by atoms with Crippen molar-refractivity contribution in [2.75, 3.05) is 13.2 Å². The Kier molecular flexibility index (Phi) is 10.2. The van der Waals surface area contributed by atoms with Gasteiger partial charge < -0.3 is 20.1 Å². The number of esters is 1. The number of benzene rings is 1. The molecule has 176 valence electrons. The van der Waals surface area contributed by atoms with Crippen LogP contribution < -0.4 is 15.4 Å². The number of hydrogen-bond donors (Lipinski definition) is 2. The summed E-state index contributed by atoms with van der Waals surface area (Å²) in [6.07, 6.45) is 2.42. The van der Waals surface area contributed by atoms with E-state index in [2.05, 4.69) is 23.8 Å². The van der Waals surface area contributed by atoms with Crippen molar-refractivity contribution in [2.45, 2.75) is 59.4 Å². The largest absolute Gasteiger partial charge is 0.461 e. The van der Waals surface area contributed by atoms with Crippen LogP contribution in [0.25, 0.3) is 0 Å². The summed E-state index contributed by atoms with van der Waals surface area (Å²) in [7, 11) is 0. The van der Waals surface area contributed by atoms with Crippen molar-refractivity contribution in [1.82, 2.24) is 10.6 Å². The smallest absolute Gasteiger partial charge is 0.412 e. The molecule has 0 saturated carbocycles. The Hall–Kier alpha value is -3.09. The van der Waals surface area contributed by atoms with Gasteiger partial charge in [0.1, 0.15) is 12.4 Å². The highest BCUT2D eigenvalue weighted by Gasteiger charge is 2.30. The molecule has 0 bridgehead atoms. The number of rotatable bonds is 12. The first kappa shape index (κ1) is 26.9.